The zero-order valence-electron chi connectivity index (χ0n) is 68.0. The second-order valence-electron chi connectivity index (χ2n) is 32.1. The number of carbonyl (C=O) groups is 4. The number of esters is 4. The fourth-order valence-corrected chi connectivity index (χ4v) is 14.5. The molecule has 3 N–H and O–H groups in total. The SMILES string of the molecule is CC(C)CCCCCCCCCCCCCCCCCCC(=O)O[C@H](COC(=O)CCCCCCCCCCCCCCCCC(C)C)COP(=O)(O)OC[C@@H](O)COP(=O)(O)OC[C@@H](COC(=O)CCCCCCCCCCCC(C)C)OC(=O)CCCCCCCCCCCCCCC(C)C. The molecule has 0 aliphatic carbocycles. The van der Waals surface area contributed by atoms with Crippen molar-refractivity contribution in [1.82, 2.24) is 0 Å². The van der Waals surface area contributed by atoms with Crippen LogP contribution in [0.2, 0.25) is 0 Å². The Bertz CT molecular complexity index is 2010. The molecular weight excluding hydrogens is 1340 g/mol. The fraction of sp³-hybridized carbons (Fsp3) is 0.952. The predicted molar refractivity (Wildman–Crippen MR) is 423 cm³/mol. The van der Waals surface area contributed by atoms with Gasteiger partial charge in [-0.15, -0.1) is 0 Å². The molecule has 0 bridgehead atoms. The van der Waals surface area contributed by atoms with Crippen LogP contribution < -0.4 is 0 Å². The van der Waals surface area contributed by atoms with Crippen LogP contribution in [0.25, 0.3) is 0 Å². The van der Waals surface area contributed by atoms with Gasteiger partial charge in [0.1, 0.15) is 19.3 Å². The Morgan fingerprint density at radius 3 is 0.602 bits per heavy atom. The predicted octanol–water partition coefficient (Wildman–Crippen LogP) is 25.2. The van der Waals surface area contributed by atoms with Gasteiger partial charge in [0.2, 0.25) is 0 Å². The van der Waals surface area contributed by atoms with Gasteiger partial charge in [-0.2, -0.15) is 0 Å². The summed E-state index contributed by atoms with van der Waals surface area (Å²) in [6.45, 7) is 14.3. The number of aliphatic hydroxyl groups is 1. The Labute approximate surface area is 632 Å². The van der Waals surface area contributed by atoms with Crippen molar-refractivity contribution in [3.8, 4) is 0 Å². The van der Waals surface area contributed by atoms with Crippen LogP contribution >= 0.6 is 15.6 Å². The summed E-state index contributed by atoms with van der Waals surface area (Å²) in [6.07, 6.45) is 61.0. The first kappa shape index (κ1) is 101. The first-order valence-corrected chi connectivity index (χ1v) is 46.2. The van der Waals surface area contributed by atoms with Crippen LogP contribution in [0.3, 0.4) is 0 Å². The number of hydrogen-bond acceptors (Lipinski definition) is 15. The van der Waals surface area contributed by atoms with Crippen molar-refractivity contribution in [1.29, 1.82) is 0 Å². The van der Waals surface area contributed by atoms with Crippen LogP contribution in [-0.4, -0.2) is 96.7 Å². The van der Waals surface area contributed by atoms with Gasteiger partial charge in [0.05, 0.1) is 26.4 Å². The fourth-order valence-electron chi connectivity index (χ4n) is 13.0. The number of hydrogen-bond donors (Lipinski definition) is 3. The summed E-state index contributed by atoms with van der Waals surface area (Å²) in [7, 11) is -9.93. The number of aliphatic hydroxyl groups excluding tert-OH is 1. The average molecular weight is 1510 g/mol. The molecule has 0 fully saturated rings. The summed E-state index contributed by atoms with van der Waals surface area (Å²) >= 11 is 0. The zero-order valence-corrected chi connectivity index (χ0v) is 69.7. The minimum Gasteiger partial charge on any atom is -0.462 e. The molecule has 17 nitrogen and oxygen atoms in total. The molecule has 0 rings (SSSR count). The molecule has 19 heteroatoms. The molecule has 0 aliphatic heterocycles. The van der Waals surface area contributed by atoms with E-state index in [1.165, 1.54) is 238 Å². The molecule has 0 saturated carbocycles. The first-order chi connectivity index (χ1) is 49.6. The Hall–Kier alpha value is -1.94. The van der Waals surface area contributed by atoms with Crippen molar-refractivity contribution < 1.29 is 80.2 Å². The van der Waals surface area contributed by atoms with Crippen LogP contribution in [0.1, 0.15) is 434 Å². The molecule has 0 saturated heterocycles. The van der Waals surface area contributed by atoms with Gasteiger partial charge in [-0.1, -0.05) is 383 Å². The second kappa shape index (κ2) is 72.9. The van der Waals surface area contributed by atoms with E-state index in [4.69, 9.17) is 37.0 Å². The lowest BCUT2D eigenvalue weighted by Crippen LogP contribution is -2.30. The summed E-state index contributed by atoms with van der Waals surface area (Å²) in [5.74, 6) is 1.02. The lowest BCUT2D eigenvalue weighted by Gasteiger charge is -2.21. The standard InChI is InChI=1S/C84H164O17P2/c1-74(2)60-52-44-36-28-21-15-11-9-10-12-18-25-33-42-50-58-66-83(88)100-79(70-94-81(86)64-56-48-40-32-24-17-14-13-16-22-29-37-45-53-61-75(3)4)72-98-102(90,91)96-68-78(85)69-97-103(92,93)99-73-80(71-95-82(87)65-57-49-41-35-27-31-39-47-55-63-77(7)8)101-84(89)67-59-51-43-34-26-20-19-23-30-38-46-54-62-76(5)6/h74-80,85H,9-73H2,1-8H3,(H,90,91)(H,92,93)/t78-,79-,80-/m1/s1. The minimum atomic E-state index is -4.97. The van der Waals surface area contributed by atoms with Gasteiger partial charge < -0.3 is 33.8 Å². The largest absolute Gasteiger partial charge is 0.472 e. The van der Waals surface area contributed by atoms with Crippen molar-refractivity contribution in [3.63, 3.8) is 0 Å². The van der Waals surface area contributed by atoms with E-state index in [1.54, 1.807) is 0 Å². The average Bonchev–Trinajstić information content (AvgIpc) is 0.920. The van der Waals surface area contributed by atoms with E-state index in [-0.39, 0.29) is 25.7 Å². The highest BCUT2D eigenvalue weighted by atomic mass is 31.2. The van der Waals surface area contributed by atoms with Gasteiger partial charge in [0.15, 0.2) is 12.2 Å². The molecule has 0 aromatic heterocycles. The normalized spacial score (nSPS) is 14.0. The Morgan fingerprint density at radius 2 is 0.408 bits per heavy atom. The van der Waals surface area contributed by atoms with E-state index in [0.29, 0.717) is 25.7 Å². The highest BCUT2D eigenvalue weighted by Crippen LogP contribution is 2.45. The van der Waals surface area contributed by atoms with Crippen molar-refractivity contribution in [2.75, 3.05) is 39.6 Å². The maximum Gasteiger partial charge on any atom is 0.472 e. The minimum absolute atomic E-state index is 0.106. The van der Waals surface area contributed by atoms with E-state index in [1.807, 2.05) is 0 Å². The Morgan fingerprint density at radius 1 is 0.243 bits per heavy atom. The van der Waals surface area contributed by atoms with E-state index >= 15 is 0 Å². The highest BCUT2D eigenvalue weighted by Gasteiger charge is 2.30. The number of rotatable bonds is 81. The molecule has 103 heavy (non-hydrogen) atoms. The van der Waals surface area contributed by atoms with Crippen LogP contribution in [0.5, 0.6) is 0 Å². The maximum atomic E-state index is 13.1. The lowest BCUT2D eigenvalue weighted by atomic mass is 10.0. The van der Waals surface area contributed by atoms with Gasteiger partial charge in [-0.05, 0) is 49.4 Å². The smallest absolute Gasteiger partial charge is 0.462 e. The number of unbranched alkanes of at least 4 members (excludes halogenated alkanes) is 47. The van der Waals surface area contributed by atoms with Gasteiger partial charge in [0.25, 0.3) is 0 Å². The molecule has 612 valence electrons. The Kier molecular flexibility index (Phi) is 71.5. The number of phosphoric ester groups is 2. The number of ether oxygens (including phenoxy) is 4. The quantitative estimate of drug-likeness (QED) is 0.0222. The number of phosphoric acid groups is 2. The van der Waals surface area contributed by atoms with Crippen LogP contribution in [0, 0.1) is 23.7 Å². The third-order valence-electron chi connectivity index (χ3n) is 19.6. The molecule has 2 unspecified atom stereocenters. The molecule has 0 heterocycles. The summed E-state index contributed by atoms with van der Waals surface area (Å²) in [6, 6.07) is 0. The van der Waals surface area contributed by atoms with Crippen LogP contribution in [-0.2, 0) is 65.4 Å². The van der Waals surface area contributed by atoms with E-state index < -0.39 is 97.5 Å². The van der Waals surface area contributed by atoms with Crippen molar-refractivity contribution in [2.24, 2.45) is 23.7 Å². The third kappa shape index (κ3) is 78.0. The second-order valence-corrected chi connectivity index (χ2v) is 35.0. The van der Waals surface area contributed by atoms with E-state index in [2.05, 4.69) is 55.4 Å². The molecule has 0 spiro atoms. The van der Waals surface area contributed by atoms with Crippen LogP contribution in [0.15, 0.2) is 0 Å². The number of carbonyl (C=O) groups excluding carboxylic acids is 4. The maximum absolute atomic E-state index is 13.1. The molecule has 0 radical (unpaired) electrons. The lowest BCUT2D eigenvalue weighted by molar-refractivity contribution is -0.161. The molecule has 0 amide bonds. The summed E-state index contributed by atoms with van der Waals surface area (Å²) in [5, 5.41) is 10.7. The van der Waals surface area contributed by atoms with Gasteiger partial charge >= 0.3 is 39.5 Å². The monoisotopic (exact) mass is 1510 g/mol. The van der Waals surface area contributed by atoms with E-state index in [0.717, 1.165) is 114 Å². The summed E-state index contributed by atoms with van der Waals surface area (Å²) in [4.78, 5) is 73.2. The van der Waals surface area contributed by atoms with Crippen molar-refractivity contribution in [3.05, 3.63) is 0 Å². The molecule has 0 aromatic rings. The van der Waals surface area contributed by atoms with Crippen LogP contribution in [0.4, 0.5) is 0 Å². The third-order valence-corrected chi connectivity index (χ3v) is 21.5. The van der Waals surface area contributed by atoms with Gasteiger partial charge in [0, 0.05) is 25.7 Å². The van der Waals surface area contributed by atoms with Gasteiger partial charge in [-0.25, -0.2) is 9.13 Å². The molecule has 0 aliphatic rings. The zero-order chi connectivity index (χ0) is 76.0. The van der Waals surface area contributed by atoms with Crippen molar-refractivity contribution in [2.45, 2.75) is 453 Å². The summed E-state index contributed by atoms with van der Waals surface area (Å²) < 4.78 is 68.9. The van der Waals surface area contributed by atoms with Crippen molar-refractivity contribution >= 4 is 39.5 Å². The van der Waals surface area contributed by atoms with E-state index in [9.17, 15) is 43.2 Å². The Balaban J connectivity index is 5.27. The molecular formula is C84H164O17P2. The summed E-state index contributed by atoms with van der Waals surface area (Å²) in [5.41, 5.74) is 0. The first-order valence-electron chi connectivity index (χ1n) is 43.2. The molecule has 5 atom stereocenters. The highest BCUT2D eigenvalue weighted by molar-refractivity contribution is 7.47. The van der Waals surface area contributed by atoms with Gasteiger partial charge in [-0.3, -0.25) is 37.3 Å². The molecule has 0 aromatic carbocycles. The topological polar surface area (TPSA) is 237 Å².